The Labute approximate surface area is 185 Å². The van der Waals surface area contributed by atoms with E-state index in [4.69, 9.17) is 9.84 Å². The normalized spacial score (nSPS) is 13.8. The van der Waals surface area contributed by atoms with Crippen LogP contribution < -0.4 is 4.74 Å². The zero-order valence-corrected chi connectivity index (χ0v) is 18.2. The van der Waals surface area contributed by atoms with Crippen molar-refractivity contribution in [3.63, 3.8) is 0 Å². The predicted octanol–water partition coefficient (Wildman–Crippen LogP) is 4.67. The highest BCUT2D eigenvalue weighted by Crippen LogP contribution is 2.35. The van der Waals surface area contributed by atoms with E-state index in [0.717, 1.165) is 22.1 Å². The molecule has 7 heteroatoms. The van der Waals surface area contributed by atoms with Crippen LogP contribution in [0.25, 0.3) is 5.69 Å². The van der Waals surface area contributed by atoms with Crippen LogP contribution in [0.5, 0.6) is 5.75 Å². The van der Waals surface area contributed by atoms with Crippen LogP contribution in [0.3, 0.4) is 0 Å². The molecule has 1 fully saturated rings. The molecule has 5 nitrogen and oxygen atoms in total. The Morgan fingerprint density at radius 3 is 2.87 bits per heavy atom. The molecular formula is C24H24FN3O2S. The monoisotopic (exact) mass is 437 g/mol. The molecule has 3 aromatic rings. The maximum atomic E-state index is 14.6. The van der Waals surface area contributed by atoms with Crippen LogP contribution in [0.2, 0.25) is 0 Å². The number of benzene rings is 1. The summed E-state index contributed by atoms with van der Waals surface area (Å²) in [4.78, 5) is 8.88. The van der Waals surface area contributed by atoms with Gasteiger partial charge in [-0.1, -0.05) is 36.4 Å². The minimum absolute atomic E-state index is 0.163. The first-order valence-electron chi connectivity index (χ1n) is 10.3. The lowest BCUT2D eigenvalue weighted by atomic mass is 10.1. The van der Waals surface area contributed by atoms with E-state index in [1.807, 2.05) is 23.6 Å². The van der Waals surface area contributed by atoms with E-state index in [2.05, 4.69) is 21.8 Å². The van der Waals surface area contributed by atoms with Crippen molar-refractivity contribution < 1.29 is 14.2 Å². The number of ether oxygens (including phenoxy) is 1. The number of rotatable bonds is 6. The molecular weight excluding hydrogens is 413 g/mol. The van der Waals surface area contributed by atoms with Gasteiger partial charge in [0.15, 0.2) is 16.7 Å². The van der Waals surface area contributed by atoms with Gasteiger partial charge in [-0.15, -0.1) is 0 Å². The summed E-state index contributed by atoms with van der Waals surface area (Å²) in [5, 5.41) is 10.3. The summed E-state index contributed by atoms with van der Waals surface area (Å²) in [7, 11) is 0. The molecule has 2 aromatic heterocycles. The minimum Gasteiger partial charge on any atom is -0.484 e. The van der Waals surface area contributed by atoms with Crippen molar-refractivity contribution in [1.29, 1.82) is 0 Å². The van der Waals surface area contributed by atoms with Gasteiger partial charge in [-0.05, 0) is 49.6 Å². The average molecular weight is 438 g/mol. The summed E-state index contributed by atoms with van der Waals surface area (Å²) in [6, 6.07) is 6.85. The van der Waals surface area contributed by atoms with Gasteiger partial charge < -0.3 is 9.84 Å². The van der Waals surface area contributed by atoms with Crippen LogP contribution in [-0.4, -0.2) is 31.5 Å². The van der Waals surface area contributed by atoms with Gasteiger partial charge in [0, 0.05) is 17.0 Å². The van der Waals surface area contributed by atoms with E-state index >= 15 is 0 Å². The highest BCUT2D eigenvalue weighted by Gasteiger charge is 2.21. The van der Waals surface area contributed by atoms with E-state index in [-0.39, 0.29) is 19.0 Å². The van der Waals surface area contributed by atoms with Crippen molar-refractivity contribution in [3.8, 4) is 23.3 Å². The number of aliphatic hydroxyl groups is 1. The number of aryl methyl sites for hydroxylation is 1. The lowest BCUT2D eigenvalue weighted by Crippen LogP contribution is -2.08. The smallest absolute Gasteiger partial charge is 0.173 e. The van der Waals surface area contributed by atoms with Crippen molar-refractivity contribution in [2.75, 3.05) is 6.61 Å². The number of aromatic nitrogens is 3. The maximum absolute atomic E-state index is 14.6. The number of halogens is 1. The quantitative estimate of drug-likeness (QED) is 0.568. The molecule has 0 unspecified atom stereocenters. The second kappa shape index (κ2) is 9.99. The second-order valence-electron chi connectivity index (χ2n) is 7.45. The first-order chi connectivity index (χ1) is 15.2. The average Bonchev–Trinajstić information content (AvgIpc) is 3.44. The molecule has 4 rings (SSSR count). The van der Waals surface area contributed by atoms with Crippen molar-refractivity contribution in [2.45, 2.75) is 49.6 Å². The number of thioether (sulfide) groups is 1. The SMILES string of the molecule is Cc1cc(OCc2cnc(SC3CCCC3)n2-c2cccnc2)c(F)cc1C#CCO. The third kappa shape index (κ3) is 5.09. The Morgan fingerprint density at radius 2 is 2.13 bits per heavy atom. The number of imidazole rings is 1. The molecule has 1 N–H and O–H groups in total. The largest absolute Gasteiger partial charge is 0.484 e. The third-order valence-corrected chi connectivity index (χ3v) is 6.54. The zero-order valence-electron chi connectivity index (χ0n) is 17.3. The number of hydrogen-bond acceptors (Lipinski definition) is 5. The Bertz CT molecular complexity index is 1100. The van der Waals surface area contributed by atoms with Crippen molar-refractivity contribution >= 4 is 11.8 Å². The Morgan fingerprint density at radius 1 is 1.29 bits per heavy atom. The molecule has 1 aliphatic rings. The Balaban J connectivity index is 1.58. The fourth-order valence-electron chi connectivity index (χ4n) is 3.66. The van der Waals surface area contributed by atoms with Gasteiger partial charge in [-0.3, -0.25) is 9.55 Å². The number of nitrogens with zero attached hydrogens (tertiary/aromatic N) is 3. The van der Waals surface area contributed by atoms with Crippen molar-refractivity contribution in [1.82, 2.24) is 14.5 Å². The molecule has 0 spiro atoms. The highest BCUT2D eigenvalue weighted by atomic mass is 32.2. The van der Waals surface area contributed by atoms with Crippen LogP contribution in [0.4, 0.5) is 4.39 Å². The van der Waals surface area contributed by atoms with Crippen LogP contribution in [-0.2, 0) is 6.61 Å². The van der Waals surface area contributed by atoms with Gasteiger partial charge in [0.1, 0.15) is 13.2 Å². The molecule has 1 aliphatic carbocycles. The van der Waals surface area contributed by atoms with E-state index in [0.29, 0.717) is 10.8 Å². The predicted molar refractivity (Wildman–Crippen MR) is 119 cm³/mol. The van der Waals surface area contributed by atoms with Gasteiger partial charge in [-0.25, -0.2) is 9.37 Å². The summed E-state index contributed by atoms with van der Waals surface area (Å²) >= 11 is 1.79. The summed E-state index contributed by atoms with van der Waals surface area (Å²) < 4.78 is 22.5. The van der Waals surface area contributed by atoms with Gasteiger partial charge >= 0.3 is 0 Å². The molecule has 2 heterocycles. The molecule has 31 heavy (non-hydrogen) atoms. The maximum Gasteiger partial charge on any atom is 0.173 e. The van der Waals surface area contributed by atoms with Crippen LogP contribution in [0.1, 0.15) is 42.5 Å². The Kier molecular flexibility index (Phi) is 6.90. The van der Waals surface area contributed by atoms with Crippen molar-refractivity contribution in [2.24, 2.45) is 0 Å². The first kappa shape index (κ1) is 21.4. The molecule has 0 radical (unpaired) electrons. The zero-order chi connectivity index (χ0) is 21.6. The first-order valence-corrected chi connectivity index (χ1v) is 11.2. The Hall–Kier alpha value is -2.82. The van der Waals surface area contributed by atoms with Gasteiger partial charge in [-0.2, -0.15) is 0 Å². The fourth-order valence-corrected chi connectivity index (χ4v) is 4.97. The van der Waals surface area contributed by atoms with E-state index in [9.17, 15) is 4.39 Å². The summed E-state index contributed by atoms with van der Waals surface area (Å²) in [5.74, 6) is 4.98. The summed E-state index contributed by atoms with van der Waals surface area (Å²) in [6.07, 6.45) is 10.2. The molecule has 0 aliphatic heterocycles. The highest BCUT2D eigenvalue weighted by molar-refractivity contribution is 7.99. The standard InChI is InChI=1S/C24H24FN3O2S/c1-17-12-23(22(25)13-18(17)6-5-11-29)30-16-20-15-27-24(31-21-8-2-3-9-21)28(20)19-7-4-10-26-14-19/h4,7,10,12-15,21,29H,2-3,8-9,11,16H2,1H3. The van der Waals surface area contributed by atoms with Crippen LogP contribution in [0, 0.1) is 24.6 Å². The molecule has 0 bridgehead atoms. The lowest BCUT2D eigenvalue weighted by Gasteiger charge is -2.15. The minimum atomic E-state index is -0.485. The van der Waals surface area contributed by atoms with E-state index in [1.54, 1.807) is 36.4 Å². The molecule has 1 aromatic carbocycles. The summed E-state index contributed by atoms with van der Waals surface area (Å²) in [6.45, 7) is 1.74. The topological polar surface area (TPSA) is 60.2 Å². The van der Waals surface area contributed by atoms with E-state index in [1.165, 1.54) is 31.7 Å². The number of hydrogen-bond donors (Lipinski definition) is 1. The molecule has 0 amide bonds. The molecule has 0 atom stereocenters. The van der Waals surface area contributed by atoms with E-state index < -0.39 is 5.82 Å². The molecule has 1 saturated carbocycles. The molecule has 0 saturated heterocycles. The number of aliphatic hydroxyl groups excluding tert-OH is 1. The lowest BCUT2D eigenvalue weighted by molar-refractivity contribution is 0.283. The fraction of sp³-hybridized carbons (Fsp3) is 0.333. The van der Waals surface area contributed by atoms with Crippen LogP contribution >= 0.6 is 11.8 Å². The third-order valence-electron chi connectivity index (χ3n) is 5.24. The molecule has 160 valence electrons. The number of pyridine rings is 1. The van der Waals surface area contributed by atoms with Gasteiger partial charge in [0.25, 0.3) is 0 Å². The van der Waals surface area contributed by atoms with Crippen molar-refractivity contribution in [3.05, 3.63) is 65.5 Å². The summed E-state index contributed by atoms with van der Waals surface area (Å²) in [5.41, 5.74) is 3.06. The van der Waals surface area contributed by atoms with Crippen LogP contribution in [0.15, 0.2) is 48.0 Å². The second-order valence-corrected chi connectivity index (χ2v) is 8.72. The van der Waals surface area contributed by atoms with Gasteiger partial charge in [0.05, 0.1) is 23.8 Å². The van der Waals surface area contributed by atoms with Gasteiger partial charge in [0.2, 0.25) is 0 Å².